The van der Waals surface area contributed by atoms with Gasteiger partial charge in [0.05, 0.1) is 13.2 Å². The van der Waals surface area contributed by atoms with Crippen LogP contribution in [0.3, 0.4) is 0 Å². The zero-order valence-corrected chi connectivity index (χ0v) is 12.2. The summed E-state index contributed by atoms with van der Waals surface area (Å²) in [5, 5.41) is 0. The lowest BCUT2D eigenvalue weighted by Gasteiger charge is -2.30. The maximum absolute atomic E-state index is 12.4. The Morgan fingerprint density at radius 1 is 1.24 bits per heavy atom. The summed E-state index contributed by atoms with van der Waals surface area (Å²) >= 11 is 0. The summed E-state index contributed by atoms with van der Waals surface area (Å²) in [6, 6.07) is -1.31. The first kappa shape index (κ1) is 15.8. The van der Waals surface area contributed by atoms with Gasteiger partial charge in [0, 0.05) is 6.54 Å². The number of carbonyl (C=O) groups excluding carboxylic acids is 3. The molecule has 7 nitrogen and oxygen atoms in total. The maximum Gasteiger partial charge on any atom is 0.515 e. The molecule has 2 aliphatic rings. The summed E-state index contributed by atoms with van der Waals surface area (Å²) in [6.07, 6.45) is 4.22. The molecule has 118 valence electrons. The van der Waals surface area contributed by atoms with Crippen molar-refractivity contribution in [3.05, 3.63) is 0 Å². The van der Waals surface area contributed by atoms with Gasteiger partial charge >= 0.3 is 12.1 Å². The van der Waals surface area contributed by atoms with Crippen LogP contribution in [-0.2, 0) is 19.1 Å². The third-order valence-corrected chi connectivity index (χ3v) is 4.29. The van der Waals surface area contributed by atoms with Crippen molar-refractivity contribution in [2.75, 3.05) is 13.7 Å². The number of nitrogens with two attached hydrogens (primary N) is 1. The Morgan fingerprint density at radius 2 is 1.95 bits per heavy atom. The quantitative estimate of drug-likeness (QED) is 0.609. The molecule has 2 N–H and O–H groups in total. The van der Waals surface area contributed by atoms with E-state index in [0.29, 0.717) is 31.7 Å². The molecule has 1 amide bonds. The van der Waals surface area contributed by atoms with Crippen LogP contribution < -0.4 is 5.73 Å². The average Bonchev–Trinajstić information content (AvgIpc) is 2.90. The lowest BCUT2D eigenvalue weighted by atomic mass is 9.81. The lowest BCUT2D eigenvalue weighted by molar-refractivity contribution is -0.150. The highest BCUT2D eigenvalue weighted by Gasteiger charge is 2.38. The summed E-state index contributed by atoms with van der Waals surface area (Å²) in [7, 11) is 1.13. The molecule has 0 unspecified atom stereocenters. The van der Waals surface area contributed by atoms with Crippen LogP contribution >= 0.6 is 0 Å². The molecule has 0 aromatic carbocycles. The normalized spacial score (nSPS) is 23.3. The molecule has 0 bridgehead atoms. The van der Waals surface area contributed by atoms with Gasteiger partial charge in [-0.25, -0.2) is 9.59 Å². The van der Waals surface area contributed by atoms with E-state index in [1.54, 1.807) is 0 Å². The number of hydrogen-bond donors (Lipinski definition) is 1. The molecule has 1 saturated carbocycles. The number of esters is 1. The summed E-state index contributed by atoms with van der Waals surface area (Å²) in [5.74, 6) is -0.457. The van der Waals surface area contributed by atoms with Crippen molar-refractivity contribution in [2.24, 2.45) is 11.7 Å². The molecule has 1 heterocycles. The van der Waals surface area contributed by atoms with Crippen LogP contribution in [0.2, 0.25) is 0 Å². The molecule has 2 rings (SSSR count). The average molecular weight is 298 g/mol. The molecule has 1 aliphatic carbocycles. The second kappa shape index (κ2) is 6.89. The number of likely N-dealkylation sites (tertiary alicyclic amines) is 1. The SMILES string of the molecule is COC(=O)OC(=O)[C@@H]1CCCN1C(=O)[C@H](N)CC1CCC1. The number of ether oxygens (including phenoxy) is 2. The Kier molecular flexibility index (Phi) is 5.17. The molecular formula is C14H22N2O5. The third kappa shape index (κ3) is 3.72. The summed E-state index contributed by atoms with van der Waals surface area (Å²) < 4.78 is 8.81. The first-order valence-corrected chi connectivity index (χ1v) is 7.38. The molecule has 0 spiro atoms. The molecule has 7 heteroatoms. The van der Waals surface area contributed by atoms with Gasteiger partial charge in [-0.05, 0) is 25.2 Å². The Bertz CT molecular complexity index is 422. The Morgan fingerprint density at radius 3 is 2.52 bits per heavy atom. The number of carbonyl (C=O) groups is 3. The zero-order chi connectivity index (χ0) is 15.4. The Hall–Kier alpha value is -1.63. The molecule has 0 aromatic heterocycles. The van der Waals surface area contributed by atoms with Crippen molar-refractivity contribution in [1.29, 1.82) is 0 Å². The molecular weight excluding hydrogens is 276 g/mol. The van der Waals surface area contributed by atoms with Gasteiger partial charge in [-0.1, -0.05) is 19.3 Å². The van der Waals surface area contributed by atoms with E-state index in [9.17, 15) is 14.4 Å². The highest BCUT2D eigenvalue weighted by molar-refractivity contribution is 5.91. The van der Waals surface area contributed by atoms with Crippen LogP contribution in [0.25, 0.3) is 0 Å². The molecule has 0 radical (unpaired) electrons. The van der Waals surface area contributed by atoms with E-state index in [4.69, 9.17) is 5.73 Å². The summed E-state index contributed by atoms with van der Waals surface area (Å²) in [6.45, 7) is 0.470. The van der Waals surface area contributed by atoms with Gasteiger partial charge in [0.25, 0.3) is 0 Å². The molecule has 1 saturated heterocycles. The monoisotopic (exact) mass is 298 g/mol. The van der Waals surface area contributed by atoms with Crippen LogP contribution in [0.4, 0.5) is 4.79 Å². The van der Waals surface area contributed by atoms with Gasteiger partial charge in [-0.2, -0.15) is 0 Å². The molecule has 2 atom stereocenters. The Balaban J connectivity index is 1.91. The number of amides is 1. The summed E-state index contributed by atoms with van der Waals surface area (Å²) in [5.41, 5.74) is 5.96. The van der Waals surface area contributed by atoms with Crippen molar-refractivity contribution >= 4 is 18.0 Å². The molecule has 0 aromatic rings. The van der Waals surface area contributed by atoms with Crippen LogP contribution in [0.5, 0.6) is 0 Å². The molecule has 2 fully saturated rings. The fourth-order valence-corrected chi connectivity index (χ4v) is 2.87. The van der Waals surface area contributed by atoms with Crippen molar-refractivity contribution < 1.29 is 23.9 Å². The van der Waals surface area contributed by atoms with Crippen molar-refractivity contribution in [2.45, 2.75) is 50.6 Å². The number of rotatable bonds is 4. The first-order chi connectivity index (χ1) is 10.0. The van der Waals surface area contributed by atoms with Gasteiger partial charge in [-0.3, -0.25) is 4.79 Å². The molecule has 1 aliphatic heterocycles. The second-order valence-corrected chi connectivity index (χ2v) is 5.70. The van der Waals surface area contributed by atoms with Gasteiger partial charge in [-0.15, -0.1) is 0 Å². The van der Waals surface area contributed by atoms with Crippen molar-refractivity contribution in [3.63, 3.8) is 0 Å². The number of hydrogen-bond acceptors (Lipinski definition) is 6. The highest BCUT2D eigenvalue weighted by Crippen LogP contribution is 2.31. The largest absolute Gasteiger partial charge is 0.515 e. The van der Waals surface area contributed by atoms with E-state index in [-0.39, 0.29) is 5.91 Å². The standard InChI is InChI=1S/C14H22N2O5/c1-20-14(19)21-13(18)11-6-3-7-16(11)12(17)10(15)8-9-4-2-5-9/h9-11H,2-8,15H2,1H3/t10-,11+/m1/s1. The number of nitrogens with zero attached hydrogens (tertiary/aromatic N) is 1. The maximum atomic E-state index is 12.4. The van der Waals surface area contributed by atoms with Gasteiger partial charge < -0.3 is 20.1 Å². The van der Waals surface area contributed by atoms with E-state index in [0.717, 1.165) is 20.0 Å². The second-order valence-electron chi connectivity index (χ2n) is 5.70. The van der Waals surface area contributed by atoms with E-state index in [1.165, 1.54) is 11.3 Å². The fourth-order valence-electron chi connectivity index (χ4n) is 2.87. The van der Waals surface area contributed by atoms with Crippen LogP contribution in [0, 0.1) is 5.92 Å². The highest BCUT2D eigenvalue weighted by atomic mass is 16.7. The predicted molar refractivity (Wildman–Crippen MR) is 73.2 cm³/mol. The number of methoxy groups -OCH3 is 1. The minimum absolute atomic E-state index is 0.230. The smallest absolute Gasteiger partial charge is 0.437 e. The topological polar surface area (TPSA) is 98.9 Å². The minimum Gasteiger partial charge on any atom is -0.437 e. The lowest BCUT2D eigenvalue weighted by Crippen LogP contribution is -2.50. The van der Waals surface area contributed by atoms with Crippen LogP contribution in [-0.4, -0.2) is 48.7 Å². The van der Waals surface area contributed by atoms with Gasteiger partial charge in [0.1, 0.15) is 6.04 Å². The third-order valence-electron chi connectivity index (χ3n) is 4.29. The van der Waals surface area contributed by atoms with E-state index in [1.807, 2.05) is 0 Å². The first-order valence-electron chi connectivity index (χ1n) is 7.38. The van der Waals surface area contributed by atoms with Crippen LogP contribution in [0.15, 0.2) is 0 Å². The minimum atomic E-state index is -1.06. The predicted octanol–water partition coefficient (Wildman–Crippen LogP) is 0.804. The van der Waals surface area contributed by atoms with Gasteiger partial charge in [0.15, 0.2) is 0 Å². The summed E-state index contributed by atoms with van der Waals surface area (Å²) in [4.78, 5) is 36.7. The molecule has 21 heavy (non-hydrogen) atoms. The zero-order valence-electron chi connectivity index (χ0n) is 12.2. The Labute approximate surface area is 123 Å². The van der Waals surface area contributed by atoms with E-state index in [2.05, 4.69) is 9.47 Å². The van der Waals surface area contributed by atoms with Gasteiger partial charge in [0.2, 0.25) is 5.91 Å². The van der Waals surface area contributed by atoms with Crippen molar-refractivity contribution in [3.8, 4) is 0 Å². The van der Waals surface area contributed by atoms with E-state index >= 15 is 0 Å². The fraction of sp³-hybridized carbons (Fsp3) is 0.786. The van der Waals surface area contributed by atoms with Crippen molar-refractivity contribution in [1.82, 2.24) is 4.90 Å². The van der Waals surface area contributed by atoms with E-state index < -0.39 is 24.2 Å². The van der Waals surface area contributed by atoms with Crippen LogP contribution in [0.1, 0.15) is 38.5 Å².